The Hall–Kier alpha value is -1.11. The van der Waals surface area contributed by atoms with Gasteiger partial charge < -0.3 is 10.0 Å². The topological polar surface area (TPSA) is 91.7 Å². The van der Waals surface area contributed by atoms with E-state index < -0.39 is 32.7 Å². The smallest absolute Gasteiger partial charge is 0.321 e. The van der Waals surface area contributed by atoms with Crippen LogP contribution in [0.2, 0.25) is 0 Å². The normalized spacial score (nSPS) is 18.4. The van der Waals surface area contributed by atoms with Gasteiger partial charge in [0.05, 0.1) is 0 Å². The molecular formula is C9H15NO5S. The summed E-state index contributed by atoms with van der Waals surface area (Å²) in [5.74, 6) is -2.62. The highest BCUT2D eigenvalue weighted by Gasteiger charge is 2.32. The molecule has 7 heteroatoms. The second-order valence-corrected chi connectivity index (χ2v) is 6.20. The number of carbonyl (C=O) groups excluding carboxylic acids is 1. The summed E-state index contributed by atoms with van der Waals surface area (Å²) in [6.07, 6.45) is 1.75. The van der Waals surface area contributed by atoms with Gasteiger partial charge in [0.15, 0.2) is 15.1 Å². The van der Waals surface area contributed by atoms with Crippen molar-refractivity contribution >= 4 is 21.7 Å². The van der Waals surface area contributed by atoms with Gasteiger partial charge in [0, 0.05) is 13.1 Å². The number of carboxylic acid groups (broad SMARTS) is 1. The second-order valence-electron chi connectivity index (χ2n) is 3.88. The van der Waals surface area contributed by atoms with E-state index in [2.05, 4.69) is 0 Å². The van der Waals surface area contributed by atoms with E-state index in [1.807, 2.05) is 0 Å². The fraction of sp³-hybridized carbons (Fsp3) is 0.778. The molecular weight excluding hydrogens is 234 g/mol. The minimum absolute atomic E-state index is 0.495. The van der Waals surface area contributed by atoms with Gasteiger partial charge in [-0.05, 0) is 19.8 Å². The highest BCUT2D eigenvalue weighted by atomic mass is 32.2. The highest BCUT2D eigenvalue weighted by molar-refractivity contribution is 7.93. The van der Waals surface area contributed by atoms with Crippen molar-refractivity contribution in [3.63, 3.8) is 0 Å². The molecule has 0 spiro atoms. The van der Waals surface area contributed by atoms with Crippen LogP contribution in [0.3, 0.4) is 0 Å². The number of sulfone groups is 1. The largest absolute Gasteiger partial charge is 0.480 e. The van der Waals surface area contributed by atoms with E-state index in [0.29, 0.717) is 13.1 Å². The van der Waals surface area contributed by atoms with E-state index in [1.54, 1.807) is 0 Å². The lowest BCUT2D eigenvalue weighted by Gasteiger charge is -2.16. The molecule has 1 unspecified atom stereocenters. The fourth-order valence-electron chi connectivity index (χ4n) is 1.51. The van der Waals surface area contributed by atoms with Crippen LogP contribution < -0.4 is 0 Å². The molecule has 0 aromatic heterocycles. The van der Waals surface area contributed by atoms with E-state index in [-0.39, 0.29) is 0 Å². The molecule has 1 N–H and O–H groups in total. The number of carbonyl (C=O) groups is 2. The standard InChI is InChI=1S/C9H15NO5S/c1-7(9(12)13)16(14,15)6-8(11)10-4-2-3-5-10/h7H,2-6H2,1H3,(H,12,13). The molecule has 1 atom stereocenters. The van der Waals surface area contributed by atoms with Crippen molar-refractivity contribution in [2.75, 3.05) is 18.8 Å². The molecule has 1 saturated heterocycles. The number of likely N-dealkylation sites (tertiary alicyclic amines) is 1. The first-order chi connectivity index (χ1) is 7.34. The summed E-state index contributed by atoms with van der Waals surface area (Å²) in [6, 6.07) is 0. The Morgan fingerprint density at radius 1 is 1.31 bits per heavy atom. The Balaban J connectivity index is 2.65. The van der Waals surface area contributed by atoms with Crippen LogP contribution in [0.5, 0.6) is 0 Å². The van der Waals surface area contributed by atoms with Crippen LogP contribution >= 0.6 is 0 Å². The first kappa shape index (κ1) is 13.0. The molecule has 92 valence electrons. The molecule has 6 nitrogen and oxygen atoms in total. The summed E-state index contributed by atoms with van der Waals surface area (Å²) in [6.45, 7) is 2.21. The SMILES string of the molecule is CC(C(=O)O)S(=O)(=O)CC(=O)N1CCCC1. The summed E-state index contributed by atoms with van der Waals surface area (Å²) in [7, 11) is -3.89. The van der Waals surface area contributed by atoms with Crippen LogP contribution in [0.1, 0.15) is 19.8 Å². The van der Waals surface area contributed by atoms with Crippen LogP contribution in [0.15, 0.2) is 0 Å². The lowest BCUT2D eigenvalue weighted by molar-refractivity contribution is -0.136. The molecule has 0 saturated carbocycles. The summed E-state index contributed by atoms with van der Waals surface area (Å²) >= 11 is 0. The third-order valence-electron chi connectivity index (χ3n) is 2.67. The van der Waals surface area contributed by atoms with Crippen molar-refractivity contribution in [3.8, 4) is 0 Å². The predicted octanol–water partition coefficient (Wildman–Crippen LogP) is -0.503. The molecule has 16 heavy (non-hydrogen) atoms. The monoisotopic (exact) mass is 249 g/mol. The second kappa shape index (κ2) is 4.82. The van der Waals surface area contributed by atoms with Gasteiger partial charge in [-0.3, -0.25) is 9.59 Å². The van der Waals surface area contributed by atoms with E-state index in [0.717, 1.165) is 19.8 Å². The van der Waals surface area contributed by atoms with Crippen molar-refractivity contribution in [1.29, 1.82) is 0 Å². The molecule has 0 radical (unpaired) electrons. The third kappa shape index (κ3) is 2.94. The van der Waals surface area contributed by atoms with Gasteiger partial charge in [-0.2, -0.15) is 0 Å². The fourth-order valence-corrected chi connectivity index (χ4v) is 2.59. The van der Waals surface area contributed by atoms with Crippen LogP contribution in [0.25, 0.3) is 0 Å². The Kier molecular flexibility index (Phi) is 3.90. The van der Waals surface area contributed by atoms with Crippen molar-refractivity contribution in [2.45, 2.75) is 25.0 Å². The molecule has 0 aromatic carbocycles. The molecule has 0 bridgehead atoms. The zero-order chi connectivity index (χ0) is 12.3. The quantitative estimate of drug-likeness (QED) is 0.725. The van der Waals surface area contributed by atoms with Crippen LogP contribution in [0, 0.1) is 0 Å². The predicted molar refractivity (Wildman–Crippen MR) is 56.7 cm³/mol. The van der Waals surface area contributed by atoms with Crippen molar-refractivity contribution in [2.24, 2.45) is 0 Å². The van der Waals surface area contributed by atoms with Crippen LogP contribution in [0.4, 0.5) is 0 Å². The van der Waals surface area contributed by atoms with Gasteiger partial charge in [-0.15, -0.1) is 0 Å². The Bertz CT molecular complexity index is 383. The molecule has 1 amide bonds. The number of hydrogen-bond acceptors (Lipinski definition) is 4. The third-order valence-corrected chi connectivity index (χ3v) is 4.60. The number of aliphatic carboxylic acids is 1. The number of carboxylic acids is 1. The number of amides is 1. The van der Waals surface area contributed by atoms with Gasteiger partial charge in [0.2, 0.25) is 5.91 Å². The highest BCUT2D eigenvalue weighted by Crippen LogP contribution is 2.10. The maximum Gasteiger partial charge on any atom is 0.321 e. The van der Waals surface area contributed by atoms with Crippen molar-refractivity contribution < 1.29 is 23.1 Å². The summed E-state index contributed by atoms with van der Waals surface area (Å²) < 4.78 is 23.0. The average molecular weight is 249 g/mol. The molecule has 1 aliphatic rings. The lowest BCUT2D eigenvalue weighted by atomic mass is 10.4. The van der Waals surface area contributed by atoms with Crippen molar-refractivity contribution in [3.05, 3.63) is 0 Å². The van der Waals surface area contributed by atoms with E-state index in [4.69, 9.17) is 5.11 Å². The maximum atomic E-state index is 11.5. The molecule has 1 heterocycles. The molecule has 1 aliphatic heterocycles. The Morgan fingerprint density at radius 3 is 2.25 bits per heavy atom. The van der Waals surface area contributed by atoms with Gasteiger partial charge in [-0.1, -0.05) is 0 Å². The number of hydrogen-bond donors (Lipinski definition) is 1. The number of rotatable bonds is 4. The average Bonchev–Trinajstić information content (AvgIpc) is 2.68. The first-order valence-corrected chi connectivity index (χ1v) is 6.78. The Morgan fingerprint density at radius 2 is 1.81 bits per heavy atom. The minimum atomic E-state index is -3.89. The summed E-state index contributed by atoms with van der Waals surface area (Å²) in [5, 5.41) is 7.06. The van der Waals surface area contributed by atoms with E-state index >= 15 is 0 Å². The van der Waals surface area contributed by atoms with Crippen LogP contribution in [-0.4, -0.2) is 54.4 Å². The van der Waals surface area contributed by atoms with E-state index in [1.165, 1.54) is 4.90 Å². The molecule has 1 rings (SSSR count). The van der Waals surface area contributed by atoms with Crippen molar-refractivity contribution in [1.82, 2.24) is 4.90 Å². The molecule has 0 aliphatic carbocycles. The Labute approximate surface area is 94.2 Å². The van der Waals surface area contributed by atoms with Gasteiger partial charge in [0.1, 0.15) is 5.75 Å². The minimum Gasteiger partial charge on any atom is -0.480 e. The first-order valence-electron chi connectivity index (χ1n) is 5.07. The zero-order valence-electron chi connectivity index (χ0n) is 9.05. The van der Waals surface area contributed by atoms with Crippen LogP contribution in [-0.2, 0) is 19.4 Å². The van der Waals surface area contributed by atoms with Gasteiger partial charge in [-0.25, -0.2) is 8.42 Å². The maximum absolute atomic E-state index is 11.5. The molecule has 1 fully saturated rings. The summed E-state index contributed by atoms with van der Waals surface area (Å²) in [4.78, 5) is 23.6. The molecule has 0 aromatic rings. The lowest BCUT2D eigenvalue weighted by Crippen LogP contribution is -2.38. The van der Waals surface area contributed by atoms with Gasteiger partial charge >= 0.3 is 5.97 Å². The zero-order valence-corrected chi connectivity index (χ0v) is 9.87. The van der Waals surface area contributed by atoms with E-state index in [9.17, 15) is 18.0 Å². The summed E-state index contributed by atoms with van der Waals surface area (Å²) in [5.41, 5.74) is 0. The van der Waals surface area contributed by atoms with Gasteiger partial charge in [0.25, 0.3) is 0 Å². The number of nitrogens with zero attached hydrogens (tertiary/aromatic N) is 1.